The molecule has 3 rings (SSSR count). The minimum Gasteiger partial charge on any atom is -0.355 e. The van der Waals surface area contributed by atoms with Gasteiger partial charge in [-0.15, -0.1) is 11.8 Å². The van der Waals surface area contributed by atoms with Gasteiger partial charge < -0.3 is 5.32 Å². The zero-order valence-corrected chi connectivity index (χ0v) is 17.9. The lowest BCUT2D eigenvalue weighted by Gasteiger charge is -2.09. The molecule has 0 heterocycles. The third kappa shape index (κ3) is 6.32. The third-order valence-corrected chi connectivity index (χ3v) is 6.86. The van der Waals surface area contributed by atoms with E-state index in [1.54, 1.807) is 30.0 Å². The van der Waals surface area contributed by atoms with Crippen LogP contribution in [0.2, 0.25) is 0 Å². The van der Waals surface area contributed by atoms with Gasteiger partial charge in [-0.25, -0.2) is 13.1 Å². The van der Waals surface area contributed by atoms with E-state index in [1.165, 1.54) is 5.56 Å². The van der Waals surface area contributed by atoms with Crippen LogP contribution in [0.1, 0.15) is 12.0 Å². The van der Waals surface area contributed by atoms with Crippen LogP contribution in [-0.4, -0.2) is 33.2 Å². The van der Waals surface area contributed by atoms with E-state index in [0.717, 1.165) is 21.4 Å². The number of carbonyl (C=O) groups excluding carboxylic acids is 1. The van der Waals surface area contributed by atoms with Gasteiger partial charge in [0.25, 0.3) is 0 Å². The summed E-state index contributed by atoms with van der Waals surface area (Å²) in [5, 5.41) is 4.66. The van der Waals surface area contributed by atoms with Crippen LogP contribution in [-0.2, 0) is 14.8 Å². The summed E-state index contributed by atoms with van der Waals surface area (Å²) in [6.45, 7) is 2.64. The van der Waals surface area contributed by atoms with E-state index < -0.39 is 10.0 Å². The van der Waals surface area contributed by atoms with Gasteiger partial charge in [0.05, 0.1) is 4.90 Å². The molecule has 0 aliphatic heterocycles. The SMILES string of the molecule is Cc1ccc(SCCNC(=O)CCNS(=O)(=O)c2ccc3ccccc3c2)cc1. The number of nitrogens with one attached hydrogen (secondary N) is 2. The number of thioether (sulfide) groups is 1. The second-order valence-corrected chi connectivity index (χ2v) is 9.60. The van der Waals surface area contributed by atoms with Crippen molar-refractivity contribution < 1.29 is 13.2 Å². The molecule has 3 aromatic carbocycles. The van der Waals surface area contributed by atoms with Crippen LogP contribution in [0.4, 0.5) is 0 Å². The monoisotopic (exact) mass is 428 g/mol. The largest absolute Gasteiger partial charge is 0.355 e. The first-order valence-electron chi connectivity index (χ1n) is 9.39. The third-order valence-electron chi connectivity index (χ3n) is 4.39. The summed E-state index contributed by atoms with van der Waals surface area (Å²) in [6.07, 6.45) is 0.0992. The predicted octanol–water partition coefficient (Wildman–Crippen LogP) is 3.73. The number of fused-ring (bicyclic) bond motifs is 1. The fourth-order valence-corrected chi connectivity index (χ4v) is 4.63. The molecule has 0 spiro atoms. The minimum absolute atomic E-state index is 0.0616. The first kappa shape index (κ1) is 21.4. The molecule has 152 valence electrons. The van der Waals surface area contributed by atoms with Gasteiger partial charge in [0.2, 0.25) is 15.9 Å². The molecule has 0 atom stereocenters. The number of sulfonamides is 1. The quantitative estimate of drug-likeness (QED) is 0.402. The molecule has 1 amide bonds. The summed E-state index contributed by atoms with van der Waals surface area (Å²) in [5.41, 5.74) is 1.22. The highest BCUT2D eigenvalue weighted by atomic mass is 32.2. The van der Waals surface area contributed by atoms with Crippen molar-refractivity contribution in [2.45, 2.75) is 23.1 Å². The Bertz CT molecular complexity index is 1080. The first-order chi connectivity index (χ1) is 13.9. The van der Waals surface area contributed by atoms with Crippen LogP contribution < -0.4 is 10.0 Å². The Morgan fingerprint density at radius 1 is 0.931 bits per heavy atom. The highest BCUT2D eigenvalue weighted by Gasteiger charge is 2.14. The predicted molar refractivity (Wildman–Crippen MR) is 119 cm³/mol. The molecule has 29 heavy (non-hydrogen) atoms. The van der Waals surface area contributed by atoms with E-state index in [9.17, 15) is 13.2 Å². The normalized spacial score (nSPS) is 11.5. The number of benzene rings is 3. The summed E-state index contributed by atoms with van der Waals surface area (Å²) >= 11 is 1.67. The number of hydrogen-bond donors (Lipinski definition) is 2. The number of hydrogen-bond acceptors (Lipinski definition) is 4. The van der Waals surface area contributed by atoms with E-state index in [4.69, 9.17) is 0 Å². The number of aryl methyl sites for hydroxylation is 1. The topological polar surface area (TPSA) is 75.3 Å². The Kier molecular flexibility index (Phi) is 7.30. The molecule has 0 fully saturated rings. The molecule has 5 nitrogen and oxygen atoms in total. The fraction of sp³-hybridized carbons (Fsp3) is 0.227. The van der Waals surface area contributed by atoms with Gasteiger partial charge in [0, 0.05) is 30.2 Å². The molecule has 0 saturated heterocycles. The lowest BCUT2D eigenvalue weighted by molar-refractivity contribution is -0.120. The molecular weight excluding hydrogens is 404 g/mol. The second-order valence-electron chi connectivity index (χ2n) is 6.67. The van der Waals surface area contributed by atoms with Crippen molar-refractivity contribution in [1.82, 2.24) is 10.0 Å². The van der Waals surface area contributed by atoms with Crippen molar-refractivity contribution in [3.05, 3.63) is 72.3 Å². The Morgan fingerprint density at radius 2 is 1.66 bits per heavy atom. The van der Waals surface area contributed by atoms with Gasteiger partial charge in [0.1, 0.15) is 0 Å². The highest BCUT2D eigenvalue weighted by molar-refractivity contribution is 7.99. The van der Waals surface area contributed by atoms with Crippen LogP contribution in [0.5, 0.6) is 0 Å². The van der Waals surface area contributed by atoms with Gasteiger partial charge in [-0.1, -0.05) is 48.0 Å². The summed E-state index contributed by atoms with van der Waals surface area (Å²) < 4.78 is 27.4. The van der Waals surface area contributed by atoms with Crippen LogP contribution >= 0.6 is 11.8 Å². The smallest absolute Gasteiger partial charge is 0.240 e. The van der Waals surface area contributed by atoms with Crippen molar-refractivity contribution in [2.24, 2.45) is 0 Å². The maximum absolute atomic E-state index is 12.5. The van der Waals surface area contributed by atoms with Crippen molar-refractivity contribution in [2.75, 3.05) is 18.8 Å². The Balaban J connectivity index is 1.41. The Labute approximate surface area is 176 Å². The molecule has 2 N–H and O–H groups in total. The number of amides is 1. The van der Waals surface area contributed by atoms with Gasteiger partial charge in [-0.3, -0.25) is 4.79 Å². The van der Waals surface area contributed by atoms with Gasteiger partial charge in [-0.05, 0) is 42.0 Å². The maximum atomic E-state index is 12.5. The van der Waals surface area contributed by atoms with E-state index >= 15 is 0 Å². The van der Waals surface area contributed by atoms with Gasteiger partial charge in [-0.2, -0.15) is 0 Å². The molecule has 0 saturated carbocycles. The summed E-state index contributed by atoms with van der Waals surface area (Å²) in [7, 11) is -3.65. The zero-order chi connectivity index (χ0) is 20.7. The van der Waals surface area contributed by atoms with E-state index in [0.29, 0.717) is 6.54 Å². The van der Waals surface area contributed by atoms with E-state index in [2.05, 4.69) is 34.3 Å². The molecular formula is C22H24N2O3S2. The molecule has 3 aromatic rings. The Morgan fingerprint density at radius 3 is 2.41 bits per heavy atom. The van der Waals surface area contributed by atoms with Crippen LogP contribution in [0, 0.1) is 6.92 Å². The summed E-state index contributed by atoms with van der Waals surface area (Å²) in [4.78, 5) is 13.3. The Hall–Kier alpha value is -2.35. The van der Waals surface area contributed by atoms with Crippen LogP contribution in [0.3, 0.4) is 0 Å². The molecule has 7 heteroatoms. The molecule has 0 bridgehead atoms. The number of rotatable bonds is 9. The van der Waals surface area contributed by atoms with E-state index in [1.807, 2.05) is 31.2 Å². The van der Waals surface area contributed by atoms with Crippen molar-refractivity contribution in [1.29, 1.82) is 0 Å². The highest BCUT2D eigenvalue weighted by Crippen LogP contribution is 2.19. The van der Waals surface area contributed by atoms with Gasteiger partial charge >= 0.3 is 0 Å². The fourth-order valence-electron chi connectivity index (χ4n) is 2.80. The molecule has 0 radical (unpaired) electrons. The van der Waals surface area contributed by atoms with Crippen LogP contribution in [0.25, 0.3) is 10.8 Å². The zero-order valence-electron chi connectivity index (χ0n) is 16.2. The summed E-state index contributed by atoms with van der Waals surface area (Å²) in [5.74, 6) is 0.591. The standard InChI is InChI=1S/C22H24N2O3S2/c1-17-6-9-20(10-7-17)28-15-14-23-22(25)12-13-24-29(26,27)21-11-8-18-4-2-3-5-19(18)16-21/h2-11,16,24H,12-15H2,1H3,(H,23,25). The minimum atomic E-state index is -3.65. The maximum Gasteiger partial charge on any atom is 0.240 e. The van der Waals surface area contributed by atoms with Gasteiger partial charge in [0.15, 0.2) is 0 Å². The summed E-state index contributed by atoms with van der Waals surface area (Å²) in [6, 6.07) is 20.8. The average Bonchev–Trinajstić information content (AvgIpc) is 2.72. The average molecular weight is 429 g/mol. The molecule has 0 aliphatic carbocycles. The number of carbonyl (C=O) groups is 1. The van der Waals surface area contributed by atoms with E-state index in [-0.39, 0.29) is 23.8 Å². The first-order valence-corrected chi connectivity index (χ1v) is 11.9. The lowest BCUT2D eigenvalue weighted by atomic mass is 10.1. The lowest BCUT2D eigenvalue weighted by Crippen LogP contribution is -2.31. The van der Waals surface area contributed by atoms with Crippen molar-refractivity contribution in [3.63, 3.8) is 0 Å². The second kappa shape index (κ2) is 9.91. The molecule has 0 aromatic heterocycles. The van der Waals surface area contributed by atoms with Crippen molar-refractivity contribution >= 4 is 38.5 Å². The van der Waals surface area contributed by atoms with Crippen LogP contribution in [0.15, 0.2) is 76.5 Å². The molecule has 0 unspecified atom stereocenters. The van der Waals surface area contributed by atoms with Crippen molar-refractivity contribution in [3.8, 4) is 0 Å². The molecule has 0 aliphatic rings.